The third-order valence-electron chi connectivity index (χ3n) is 5.43. The Hall–Kier alpha value is -3.92. The number of hydrogen-bond donors (Lipinski definition) is 1. The summed E-state index contributed by atoms with van der Waals surface area (Å²) in [4.78, 5) is 49.3. The van der Waals surface area contributed by atoms with Crippen LogP contribution in [0, 0.1) is 11.8 Å². The Balaban J connectivity index is 2.19. The van der Waals surface area contributed by atoms with Crippen LogP contribution < -0.4 is 19.9 Å². The van der Waals surface area contributed by atoms with Crippen LogP contribution in [-0.2, 0) is 30.3 Å². The van der Waals surface area contributed by atoms with E-state index >= 15 is 0 Å². The van der Waals surface area contributed by atoms with Crippen molar-refractivity contribution in [2.24, 2.45) is 17.6 Å². The van der Waals surface area contributed by atoms with E-state index < -0.39 is 29.6 Å². The molecule has 0 saturated carbocycles. The minimum atomic E-state index is -1.59. The summed E-state index contributed by atoms with van der Waals surface area (Å²) in [6.45, 7) is 7.29. The van der Waals surface area contributed by atoms with E-state index in [1.807, 2.05) is 27.7 Å². The molecule has 0 aromatic heterocycles. The molecule has 2 N–H and O–H groups in total. The van der Waals surface area contributed by atoms with E-state index in [-0.39, 0.29) is 55.6 Å². The Morgan fingerprint density at radius 3 is 1.97 bits per heavy atom. The average molecular weight is 544 g/mol. The van der Waals surface area contributed by atoms with Crippen molar-refractivity contribution in [3.05, 3.63) is 54.1 Å². The molecule has 39 heavy (non-hydrogen) atoms. The smallest absolute Gasteiger partial charge is 0.468 e. The van der Waals surface area contributed by atoms with Gasteiger partial charge in [0, 0.05) is 25.7 Å². The van der Waals surface area contributed by atoms with Gasteiger partial charge < -0.3 is 29.4 Å². The van der Waals surface area contributed by atoms with Gasteiger partial charge in [0.05, 0.1) is 13.7 Å². The third-order valence-corrected chi connectivity index (χ3v) is 5.43. The second-order valence-electron chi connectivity index (χ2n) is 10.0. The summed E-state index contributed by atoms with van der Waals surface area (Å²) in [7, 11) is 1.20. The summed E-state index contributed by atoms with van der Waals surface area (Å²) in [5, 5.41) is 0. The Kier molecular flexibility index (Phi) is 11.9. The summed E-state index contributed by atoms with van der Waals surface area (Å²) in [6.07, 6.45) is -0.742. The maximum absolute atomic E-state index is 12.6. The first kappa shape index (κ1) is 31.3. The third kappa shape index (κ3) is 10.8. The fourth-order valence-electron chi connectivity index (χ4n) is 3.58. The van der Waals surface area contributed by atoms with Crippen LogP contribution in [-0.4, -0.2) is 43.3 Å². The van der Waals surface area contributed by atoms with Gasteiger partial charge in [-0.15, -0.1) is 0 Å². The minimum Gasteiger partial charge on any atom is -0.468 e. The van der Waals surface area contributed by atoms with Gasteiger partial charge in [0.15, 0.2) is 11.5 Å². The lowest BCUT2D eigenvalue weighted by Gasteiger charge is -2.26. The van der Waals surface area contributed by atoms with Crippen LogP contribution in [0.2, 0.25) is 0 Å². The predicted octanol–water partition coefficient (Wildman–Crippen LogP) is 4.61. The fraction of sp³-hybridized carbons (Fsp3) is 0.448. The fourth-order valence-corrected chi connectivity index (χ4v) is 3.58. The first-order valence-corrected chi connectivity index (χ1v) is 12.7. The molecule has 2 rings (SSSR count). The van der Waals surface area contributed by atoms with Crippen molar-refractivity contribution >= 4 is 24.1 Å². The molecular formula is C29H37NO9. The molecule has 0 amide bonds. The number of hydrogen-bond acceptors (Lipinski definition) is 10. The van der Waals surface area contributed by atoms with E-state index in [4.69, 9.17) is 29.4 Å². The highest BCUT2D eigenvalue weighted by Crippen LogP contribution is 2.31. The van der Waals surface area contributed by atoms with Crippen LogP contribution >= 0.6 is 0 Å². The molecule has 2 aromatic carbocycles. The monoisotopic (exact) mass is 543 g/mol. The SMILES string of the molecule is COC(=O)[C@@](N)(CCOC(=O)Oc1ccccc1)Cc1ccc(OC(=O)CC(C)C)c(OC(=O)CC(C)C)c1. The summed E-state index contributed by atoms with van der Waals surface area (Å²) < 4.78 is 26.0. The first-order chi connectivity index (χ1) is 18.4. The molecule has 10 heteroatoms. The number of ether oxygens (including phenoxy) is 5. The van der Waals surface area contributed by atoms with E-state index in [2.05, 4.69) is 0 Å². The maximum Gasteiger partial charge on any atom is 0.513 e. The molecule has 212 valence electrons. The summed E-state index contributed by atoms with van der Waals surface area (Å²) in [5.41, 5.74) is 5.33. The number of rotatable bonds is 13. The molecular weight excluding hydrogens is 506 g/mol. The molecule has 0 saturated heterocycles. The molecule has 0 heterocycles. The maximum atomic E-state index is 12.6. The molecule has 0 aliphatic rings. The van der Waals surface area contributed by atoms with Crippen molar-refractivity contribution in [1.29, 1.82) is 0 Å². The molecule has 10 nitrogen and oxygen atoms in total. The quantitative estimate of drug-likeness (QED) is 0.216. The predicted molar refractivity (Wildman–Crippen MR) is 142 cm³/mol. The number of carbonyl (C=O) groups excluding carboxylic acids is 4. The van der Waals surface area contributed by atoms with Gasteiger partial charge in [-0.1, -0.05) is 52.0 Å². The Morgan fingerprint density at radius 2 is 1.41 bits per heavy atom. The summed E-state index contributed by atoms with van der Waals surface area (Å²) in [5.74, 6) is -1.15. The van der Waals surface area contributed by atoms with Crippen LogP contribution in [0.1, 0.15) is 52.5 Å². The van der Waals surface area contributed by atoms with Gasteiger partial charge in [-0.05, 0) is 41.7 Å². The van der Waals surface area contributed by atoms with E-state index in [0.717, 1.165) is 0 Å². The lowest BCUT2D eigenvalue weighted by molar-refractivity contribution is -0.147. The summed E-state index contributed by atoms with van der Waals surface area (Å²) >= 11 is 0. The van der Waals surface area contributed by atoms with Crippen molar-refractivity contribution in [3.8, 4) is 17.2 Å². The molecule has 0 aliphatic heterocycles. The lowest BCUT2D eigenvalue weighted by atomic mass is 9.88. The van der Waals surface area contributed by atoms with E-state index in [1.54, 1.807) is 36.4 Å². The van der Waals surface area contributed by atoms with Crippen molar-refractivity contribution in [3.63, 3.8) is 0 Å². The zero-order valence-corrected chi connectivity index (χ0v) is 23.1. The summed E-state index contributed by atoms with van der Waals surface area (Å²) in [6, 6.07) is 13.0. The highest BCUT2D eigenvalue weighted by Gasteiger charge is 2.36. The largest absolute Gasteiger partial charge is 0.513 e. The standard InChI is InChI=1S/C29H37NO9/c1-19(2)15-25(31)38-23-12-11-21(17-24(23)39-26(32)16-20(3)4)18-29(30,27(33)35-5)13-14-36-28(34)37-22-9-7-6-8-10-22/h6-12,17,19-20H,13-16,18,30H2,1-5H3/t29-/m1/s1. The zero-order valence-electron chi connectivity index (χ0n) is 23.1. The average Bonchev–Trinajstić information content (AvgIpc) is 2.84. The van der Waals surface area contributed by atoms with Crippen molar-refractivity contribution < 1.29 is 42.9 Å². The van der Waals surface area contributed by atoms with Gasteiger partial charge in [0.1, 0.15) is 11.3 Å². The Morgan fingerprint density at radius 1 is 0.821 bits per heavy atom. The van der Waals surface area contributed by atoms with E-state index in [1.165, 1.54) is 19.2 Å². The second kappa shape index (κ2) is 14.9. The van der Waals surface area contributed by atoms with Gasteiger partial charge in [-0.3, -0.25) is 14.4 Å². The van der Waals surface area contributed by atoms with Gasteiger partial charge >= 0.3 is 24.1 Å². The Bertz CT molecular complexity index is 1130. The van der Waals surface area contributed by atoms with Crippen molar-refractivity contribution in [1.82, 2.24) is 0 Å². The molecule has 2 aromatic rings. The van der Waals surface area contributed by atoms with Crippen molar-refractivity contribution in [2.45, 2.75) is 58.9 Å². The number of benzene rings is 2. The molecule has 0 aliphatic carbocycles. The zero-order chi connectivity index (χ0) is 29.0. The molecule has 0 radical (unpaired) electrons. The van der Waals surface area contributed by atoms with E-state index in [9.17, 15) is 19.2 Å². The molecule has 0 bridgehead atoms. The molecule has 0 unspecified atom stereocenters. The van der Waals surface area contributed by atoms with Gasteiger partial charge in [-0.2, -0.15) is 0 Å². The van der Waals surface area contributed by atoms with Crippen LogP contribution in [0.4, 0.5) is 4.79 Å². The van der Waals surface area contributed by atoms with Crippen LogP contribution in [0.25, 0.3) is 0 Å². The molecule has 0 fully saturated rings. The van der Waals surface area contributed by atoms with Crippen LogP contribution in [0.15, 0.2) is 48.5 Å². The van der Waals surface area contributed by atoms with E-state index in [0.29, 0.717) is 11.3 Å². The number of carbonyl (C=O) groups is 4. The minimum absolute atomic E-state index is 0.0326. The number of esters is 3. The highest BCUT2D eigenvalue weighted by molar-refractivity contribution is 5.81. The van der Waals surface area contributed by atoms with Crippen molar-refractivity contribution in [2.75, 3.05) is 13.7 Å². The molecule has 1 atom stereocenters. The molecule has 0 spiro atoms. The second-order valence-corrected chi connectivity index (χ2v) is 10.0. The van der Waals surface area contributed by atoms with Gasteiger partial charge in [-0.25, -0.2) is 4.79 Å². The van der Waals surface area contributed by atoms with Gasteiger partial charge in [0.25, 0.3) is 0 Å². The number of nitrogens with two attached hydrogens (primary N) is 1. The lowest BCUT2D eigenvalue weighted by Crippen LogP contribution is -2.51. The van der Waals surface area contributed by atoms with Crippen LogP contribution in [0.5, 0.6) is 17.2 Å². The van der Waals surface area contributed by atoms with Crippen LogP contribution in [0.3, 0.4) is 0 Å². The highest BCUT2D eigenvalue weighted by atomic mass is 16.7. The topological polar surface area (TPSA) is 140 Å². The first-order valence-electron chi connectivity index (χ1n) is 12.7. The number of para-hydroxylation sites is 1. The Labute approximate surface area is 228 Å². The number of methoxy groups -OCH3 is 1. The van der Waals surface area contributed by atoms with Gasteiger partial charge in [0.2, 0.25) is 0 Å². The normalized spacial score (nSPS) is 12.4.